The van der Waals surface area contributed by atoms with Crippen molar-refractivity contribution in [2.75, 3.05) is 19.6 Å². The van der Waals surface area contributed by atoms with E-state index in [1.807, 2.05) is 6.07 Å². The molecule has 1 aliphatic heterocycles. The summed E-state index contributed by atoms with van der Waals surface area (Å²) in [6.07, 6.45) is 4.00. The molecule has 1 N–H and O–H groups in total. The van der Waals surface area contributed by atoms with Crippen molar-refractivity contribution >= 4 is 0 Å². The van der Waals surface area contributed by atoms with Crippen LogP contribution in [0.15, 0.2) is 60.7 Å². The molecular formula is C21H27NO. The lowest BCUT2D eigenvalue weighted by molar-refractivity contribution is 0.0912. The summed E-state index contributed by atoms with van der Waals surface area (Å²) >= 11 is 0. The zero-order valence-corrected chi connectivity index (χ0v) is 13.8. The number of benzene rings is 2. The summed E-state index contributed by atoms with van der Waals surface area (Å²) in [7, 11) is 0. The Bertz CT molecular complexity index is 561. The Kier molecular flexibility index (Phi) is 5.84. The number of hydrogen-bond donors (Lipinski definition) is 1. The van der Waals surface area contributed by atoms with Crippen molar-refractivity contribution in [1.82, 2.24) is 4.90 Å². The maximum absolute atomic E-state index is 10.3. The van der Waals surface area contributed by atoms with Gasteiger partial charge in [-0.3, -0.25) is 0 Å². The number of aliphatic hydroxyl groups excluding tert-OH is 1. The number of piperidine rings is 1. The van der Waals surface area contributed by atoms with E-state index >= 15 is 0 Å². The van der Waals surface area contributed by atoms with E-state index < -0.39 is 0 Å². The van der Waals surface area contributed by atoms with Crippen LogP contribution in [0.25, 0.3) is 0 Å². The molecule has 0 spiro atoms. The first-order valence-electron chi connectivity index (χ1n) is 8.80. The number of hydrogen-bond acceptors (Lipinski definition) is 2. The fourth-order valence-corrected chi connectivity index (χ4v) is 3.54. The normalized spacial score (nSPS) is 18.0. The average molecular weight is 309 g/mol. The Morgan fingerprint density at radius 1 is 0.913 bits per heavy atom. The van der Waals surface area contributed by atoms with Gasteiger partial charge < -0.3 is 10.0 Å². The molecule has 1 aliphatic rings. The van der Waals surface area contributed by atoms with Crippen LogP contribution in [0.4, 0.5) is 0 Å². The number of aliphatic hydroxyl groups is 1. The molecule has 1 unspecified atom stereocenters. The Balaban J connectivity index is 1.40. The van der Waals surface area contributed by atoms with Crippen LogP contribution in [0.3, 0.4) is 0 Å². The van der Waals surface area contributed by atoms with Crippen molar-refractivity contribution in [3.8, 4) is 0 Å². The second kappa shape index (κ2) is 8.28. The van der Waals surface area contributed by atoms with Gasteiger partial charge in [0.2, 0.25) is 0 Å². The third-order valence-corrected chi connectivity index (χ3v) is 4.94. The van der Waals surface area contributed by atoms with Crippen molar-refractivity contribution in [3.63, 3.8) is 0 Å². The molecule has 2 heteroatoms. The minimum absolute atomic E-state index is 0.219. The third-order valence-electron chi connectivity index (χ3n) is 4.94. The van der Waals surface area contributed by atoms with Gasteiger partial charge in [0.25, 0.3) is 0 Å². The fraction of sp³-hybridized carbons (Fsp3) is 0.429. The molecule has 1 atom stereocenters. The maximum Gasteiger partial charge on any atom is 0.0670 e. The highest BCUT2D eigenvalue weighted by atomic mass is 16.3. The van der Waals surface area contributed by atoms with Gasteiger partial charge in [0, 0.05) is 6.54 Å². The predicted molar refractivity (Wildman–Crippen MR) is 95.6 cm³/mol. The van der Waals surface area contributed by atoms with Crippen molar-refractivity contribution in [3.05, 3.63) is 71.8 Å². The van der Waals surface area contributed by atoms with E-state index in [0.717, 1.165) is 32.5 Å². The summed E-state index contributed by atoms with van der Waals surface area (Å²) in [6.45, 7) is 3.01. The summed E-state index contributed by atoms with van der Waals surface area (Å²) in [5.41, 5.74) is 2.78. The molecule has 1 heterocycles. The lowest BCUT2D eigenvalue weighted by atomic mass is 9.89. The van der Waals surface area contributed by atoms with Gasteiger partial charge in [-0.2, -0.15) is 0 Å². The molecular weight excluding hydrogens is 282 g/mol. The van der Waals surface area contributed by atoms with Gasteiger partial charge in [0.1, 0.15) is 0 Å². The van der Waals surface area contributed by atoms with Gasteiger partial charge in [-0.15, -0.1) is 0 Å². The highest BCUT2D eigenvalue weighted by Crippen LogP contribution is 2.27. The smallest absolute Gasteiger partial charge is 0.0670 e. The Morgan fingerprint density at radius 3 is 2.17 bits per heavy atom. The van der Waals surface area contributed by atoms with Crippen LogP contribution in [0, 0.1) is 0 Å². The van der Waals surface area contributed by atoms with E-state index in [-0.39, 0.29) is 6.10 Å². The highest BCUT2D eigenvalue weighted by Gasteiger charge is 2.21. The standard InChI is InChI=1S/C21H27NO/c23-21(12-11-18-7-3-1-4-8-18)17-22-15-13-20(14-16-22)19-9-5-2-6-10-19/h1-10,20-21,23H,11-17H2. The molecule has 0 bridgehead atoms. The molecule has 2 aromatic carbocycles. The van der Waals surface area contributed by atoms with Gasteiger partial charge in [-0.25, -0.2) is 0 Å². The predicted octanol–water partition coefficient (Wildman–Crippen LogP) is 3.86. The van der Waals surface area contributed by atoms with E-state index in [1.54, 1.807) is 0 Å². The Hall–Kier alpha value is -1.64. The SMILES string of the molecule is OC(CCc1ccccc1)CN1CCC(c2ccccc2)CC1. The van der Waals surface area contributed by atoms with E-state index in [4.69, 9.17) is 0 Å². The first kappa shape index (κ1) is 16.2. The molecule has 0 aromatic heterocycles. The molecule has 1 fully saturated rings. The van der Waals surface area contributed by atoms with Crippen LogP contribution in [0.1, 0.15) is 36.3 Å². The topological polar surface area (TPSA) is 23.5 Å². The molecule has 0 radical (unpaired) electrons. The van der Waals surface area contributed by atoms with Gasteiger partial charge >= 0.3 is 0 Å². The van der Waals surface area contributed by atoms with Gasteiger partial charge in [-0.1, -0.05) is 60.7 Å². The number of likely N-dealkylation sites (tertiary alicyclic amines) is 1. The van der Waals surface area contributed by atoms with Crippen molar-refractivity contribution in [1.29, 1.82) is 0 Å². The summed E-state index contributed by atoms with van der Waals surface area (Å²) in [5.74, 6) is 0.689. The summed E-state index contributed by atoms with van der Waals surface area (Å²) < 4.78 is 0. The number of nitrogens with zero attached hydrogens (tertiary/aromatic N) is 1. The van der Waals surface area contributed by atoms with Crippen LogP contribution in [0.2, 0.25) is 0 Å². The van der Waals surface area contributed by atoms with Crippen LogP contribution < -0.4 is 0 Å². The molecule has 2 aromatic rings. The first-order valence-corrected chi connectivity index (χ1v) is 8.80. The average Bonchev–Trinajstić information content (AvgIpc) is 2.62. The molecule has 2 nitrogen and oxygen atoms in total. The second-order valence-electron chi connectivity index (χ2n) is 6.66. The quantitative estimate of drug-likeness (QED) is 0.876. The monoisotopic (exact) mass is 309 g/mol. The molecule has 122 valence electrons. The maximum atomic E-state index is 10.3. The van der Waals surface area contributed by atoms with Crippen molar-refractivity contribution < 1.29 is 5.11 Å². The van der Waals surface area contributed by atoms with Crippen LogP contribution in [-0.2, 0) is 6.42 Å². The van der Waals surface area contributed by atoms with E-state index in [1.165, 1.54) is 24.0 Å². The van der Waals surface area contributed by atoms with E-state index in [9.17, 15) is 5.11 Å². The van der Waals surface area contributed by atoms with Gasteiger partial charge in [-0.05, 0) is 55.8 Å². The zero-order chi connectivity index (χ0) is 15.9. The molecule has 0 aliphatic carbocycles. The zero-order valence-electron chi connectivity index (χ0n) is 13.8. The lowest BCUT2D eigenvalue weighted by Crippen LogP contribution is -2.38. The summed E-state index contributed by atoms with van der Waals surface area (Å²) in [5, 5.41) is 10.3. The molecule has 1 saturated heterocycles. The molecule has 0 amide bonds. The number of β-amino-alcohol motifs (C(OH)–C–C–N with tert-alkyl or cyclic N) is 1. The number of aryl methyl sites for hydroxylation is 1. The minimum atomic E-state index is -0.219. The minimum Gasteiger partial charge on any atom is -0.392 e. The van der Waals surface area contributed by atoms with E-state index in [2.05, 4.69) is 59.5 Å². The number of rotatable bonds is 6. The molecule has 3 rings (SSSR count). The Labute approximate surface area is 139 Å². The van der Waals surface area contributed by atoms with Crippen LogP contribution >= 0.6 is 0 Å². The summed E-state index contributed by atoms with van der Waals surface area (Å²) in [6, 6.07) is 21.3. The first-order chi connectivity index (χ1) is 11.3. The lowest BCUT2D eigenvalue weighted by Gasteiger charge is -2.33. The van der Waals surface area contributed by atoms with Gasteiger partial charge in [0.05, 0.1) is 6.10 Å². The third kappa shape index (κ3) is 4.92. The molecule has 23 heavy (non-hydrogen) atoms. The second-order valence-corrected chi connectivity index (χ2v) is 6.66. The summed E-state index contributed by atoms with van der Waals surface area (Å²) in [4.78, 5) is 2.43. The highest BCUT2D eigenvalue weighted by molar-refractivity contribution is 5.20. The largest absolute Gasteiger partial charge is 0.392 e. The fourth-order valence-electron chi connectivity index (χ4n) is 3.54. The van der Waals surface area contributed by atoms with Crippen LogP contribution in [0.5, 0.6) is 0 Å². The molecule has 0 saturated carbocycles. The van der Waals surface area contributed by atoms with Gasteiger partial charge in [0.15, 0.2) is 0 Å². The van der Waals surface area contributed by atoms with Crippen molar-refractivity contribution in [2.24, 2.45) is 0 Å². The van der Waals surface area contributed by atoms with Crippen LogP contribution in [-0.4, -0.2) is 35.7 Å². The van der Waals surface area contributed by atoms with E-state index in [0.29, 0.717) is 5.92 Å². The Morgan fingerprint density at radius 2 is 1.52 bits per heavy atom. The van der Waals surface area contributed by atoms with Crippen molar-refractivity contribution in [2.45, 2.75) is 37.7 Å².